The number of benzene rings is 2. The second-order valence-electron chi connectivity index (χ2n) is 9.18. The quantitative estimate of drug-likeness (QED) is 0.519. The van der Waals surface area contributed by atoms with Gasteiger partial charge in [-0.15, -0.1) is 0 Å². The number of ketones is 1. The lowest BCUT2D eigenvalue weighted by Crippen LogP contribution is -2.46. The maximum absolute atomic E-state index is 14.1. The zero-order valence-corrected chi connectivity index (χ0v) is 20.2. The second-order valence-corrected chi connectivity index (χ2v) is 11.0. The number of rotatable bonds is 3. The van der Waals surface area contributed by atoms with E-state index in [0.717, 1.165) is 16.5 Å². The number of hydrogen-bond acceptors (Lipinski definition) is 7. The Labute approximate surface area is 202 Å². The minimum Gasteiger partial charge on any atom is -0.470 e. The molecule has 0 saturated carbocycles. The largest absolute Gasteiger partial charge is 0.470 e. The molecule has 0 bridgehead atoms. The van der Waals surface area contributed by atoms with Crippen LogP contribution in [0.3, 0.4) is 0 Å². The first kappa shape index (κ1) is 21.9. The number of nitrogens with zero attached hydrogens (tertiary/aromatic N) is 2. The highest BCUT2D eigenvalue weighted by Crippen LogP contribution is 2.50. The van der Waals surface area contributed by atoms with Crippen molar-refractivity contribution in [3.63, 3.8) is 0 Å². The molecule has 8 nitrogen and oxygen atoms in total. The fourth-order valence-corrected chi connectivity index (χ4v) is 7.25. The van der Waals surface area contributed by atoms with Crippen molar-refractivity contribution in [2.24, 2.45) is 5.92 Å². The van der Waals surface area contributed by atoms with Gasteiger partial charge < -0.3 is 14.4 Å². The summed E-state index contributed by atoms with van der Waals surface area (Å²) in [6.45, 7) is 2.33. The summed E-state index contributed by atoms with van der Waals surface area (Å²) in [5.41, 5.74) is 3.41. The van der Waals surface area contributed by atoms with Gasteiger partial charge in [-0.2, -0.15) is 0 Å². The number of aryl methyl sites for hydroxylation is 1. The van der Waals surface area contributed by atoms with Crippen molar-refractivity contribution >= 4 is 32.7 Å². The molecule has 9 heteroatoms. The maximum atomic E-state index is 14.1. The lowest BCUT2D eigenvalue weighted by atomic mass is 9.81. The number of hydrogen-bond donors (Lipinski definition) is 0. The minimum atomic E-state index is -4.01. The third-order valence-corrected chi connectivity index (χ3v) is 9.00. The summed E-state index contributed by atoms with van der Waals surface area (Å²) in [6.07, 6.45) is 0.693. The van der Waals surface area contributed by atoms with Crippen molar-refractivity contribution in [1.82, 2.24) is 8.87 Å². The third kappa shape index (κ3) is 3.07. The molecule has 2 aromatic carbocycles. The predicted molar refractivity (Wildman–Crippen MR) is 127 cm³/mol. The Morgan fingerprint density at radius 3 is 2.60 bits per heavy atom. The van der Waals surface area contributed by atoms with Crippen LogP contribution in [0, 0.1) is 12.8 Å². The van der Waals surface area contributed by atoms with Crippen LogP contribution in [0.5, 0.6) is 0 Å². The molecule has 0 radical (unpaired) electrons. The number of esters is 1. The summed E-state index contributed by atoms with van der Waals surface area (Å²) in [6, 6.07) is 13.5. The summed E-state index contributed by atoms with van der Waals surface area (Å²) in [5.74, 6) is -0.926. The van der Waals surface area contributed by atoms with E-state index in [0.29, 0.717) is 35.6 Å². The SMILES string of the molecule is COC(=O)[C@@H]1CC2=C(OCC2=O)N2CCc3c(n(S(=O)(=O)c4ccc(C)cc4)c4ccccc34)[C@H]12. The smallest absolute Gasteiger partial charge is 0.311 e. The number of carbonyl (C=O) groups excluding carboxylic acids is 2. The molecule has 2 atom stereocenters. The van der Waals surface area contributed by atoms with Crippen molar-refractivity contribution < 1.29 is 27.5 Å². The van der Waals surface area contributed by atoms with Gasteiger partial charge in [0, 0.05) is 11.9 Å². The molecule has 3 aliphatic rings. The van der Waals surface area contributed by atoms with E-state index in [1.807, 2.05) is 30.0 Å². The minimum absolute atomic E-state index is 0.0701. The Hall–Kier alpha value is -3.59. The summed E-state index contributed by atoms with van der Waals surface area (Å²) in [5, 5.41) is 0.838. The predicted octanol–water partition coefficient (Wildman–Crippen LogP) is 3.09. The maximum Gasteiger partial charge on any atom is 0.311 e. The number of fused-ring (bicyclic) bond motifs is 6. The molecular weight excluding hydrogens is 468 g/mol. The molecule has 4 heterocycles. The van der Waals surface area contributed by atoms with Crippen molar-refractivity contribution in [3.05, 3.63) is 76.8 Å². The summed E-state index contributed by atoms with van der Waals surface area (Å²) < 4.78 is 40.5. The molecule has 0 amide bonds. The number of carbonyl (C=O) groups is 2. The normalized spacial score (nSPS) is 21.4. The molecule has 35 heavy (non-hydrogen) atoms. The highest BCUT2D eigenvalue weighted by molar-refractivity contribution is 7.90. The van der Waals surface area contributed by atoms with E-state index < -0.39 is 28.0 Å². The van der Waals surface area contributed by atoms with Crippen molar-refractivity contribution in [1.29, 1.82) is 0 Å². The van der Waals surface area contributed by atoms with Crippen LogP contribution >= 0.6 is 0 Å². The Kier molecular flexibility index (Phi) is 4.83. The van der Waals surface area contributed by atoms with Crippen molar-refractivity contribution in [2.75, 3.05) is 20.3 Å². The van der Waals surface area contributed by atoms with Crippen LogP contribution in [0.25, 0.3) is 10.9 Å². The monoisotopic (exact) mass is 492 g/mol. The van der Waals surface area contributed by atoms with Gasteiger partial charge in [0.05, 0.1) is 40.7 Å². The first-order chi connectivity index (χ1) is 16.8. The van der Waals surface area contributed by atoms with Gasteiger partial charge in [0.1, 0.15) is 0 Å². The lowest BCUT2D eigenvalue weighted by molar-refractivity contribution is -0.149. The molecule has 0 unspecified atom stereocenters. The van der Waals surface area contributed by atoms with Gasteiger partial charge in [-0.05, 0) is 43.5 Å². The summed E-state index contributed by atoms with van der Waals surface area (Å²) in [7, 11) is -2.69. The van der Waals surface area contributed by atoms with Gasteiger partial charge in [0.15, 0.2) is 12.5 Å². The van der Waals surface area contributed by atoms with Gasteiger partial charge in [0.25, 0.3) is 10.0 Å². The zero-order chi connectivity index (χ0) is 24.5. The molecule has 0 spiro atoms. The van der Waals surface area contributed by atoms with Gasteiger partial charge in [-0.3, -0.25) is 9.59 Å². The van der Waals surface area contributed by atoms with Crippen molar-refractivity contribution in [2.45, 2.75) is 30.7 Å². The van der Waals surface area contributed by atoms with Crippen LogP contribution in [-0.4, -0.2) is 49.3 Å². The third-order valence-electron chi connectivity index (χ3n) is 7.26. The molecule has 0 saturated heterocycles. The van der Waals surface area contributed by atoms with E-state index in [1.54, 1.807) is 30.3 Å². The van der Waals surface area contributed by atoms with Gasteiger partial charge in [-0.25, -0.2) is 12.4 Å². The van der Waals surface area contributed by atoms with E-state index in [1.165, 1.54) is 11.1 Å². The van der Waals surface area contributed by atoms with E-state index >= 15 is 0 Å². The number of Topliss-reactive ketones (excluding diaryl/α,β-unsaturated/α-hetero) is 1. The molecule has 180 valence electrons. The Balaban J connectivity index is 1.65. The molecular formula is C26H24N2O6S. The molecule has 6 rings (SSSR count). The van der Waals surface area contributed by atoms with E-state index in [-0.39, 0.29) is 23.7 Å². The van der Waals surface area contributed by atoms with E-state index in [2.05, 4.69) is 0 Å². The molecule has 1 aromatic heterocycles. The second kappa shape index (κ2) is 7.71. The highest BCUT2D eigenvalue weighted by Gasteiger charge is 2.50. The first-order valence-corrected chi connectivity index (χ1v) is 12.9. The fourth-order valence-electron chi connectivity index (χ4n) is 5.67. The van der Waals surface area contributed by atoms with E-state index in [9.17, 15) is 18.0 Å². The standard InChI is InChI=1S/C26H24N2O6S/c1-15-7-9-16(10-8-15)35(31,32)28-21-6-4-3-5-17(21)18-11-12-27-23(24(18)28)20(26(30)33-2)13-19-22(29)14-34-25(19)27/h3-10,20,23H,11-14H2,1-2H3/t20-,23+/m1/s1. The van der Waals surface area contributed by atoms with Crippen LogP contribution < -0.4 is 0 Å². The average molecular weight is 493 g/mol. The fraction of sp³-hybridized carbons (Fsp3) is 0.308. The molecule has 3 aliphatic heterocycles. The Morgan fingerprint density at radius 1 is 1.11 bits per heavy atom. The van der Waals surface area contributed by atoms with Gasteiger partial charge in [0.2, 0.25) is 5.78 Å². The molecule has 3 aromatic rings. The van der Waals surface area contributed by atoms with Crippen LogP contribution in [-0.2, 0) is 35.5 Å². The highest BCUT2D eigenvalue weighted by atomic mass is 32.2. The molecule has 0 fully saturated rings. The number of para-hydroxylation sites is 1. The number of methoxy groups -OCH3 is 1. The molecule has 0 aliphatic carbocycles. The van der Waals surface area contributed by atoms with Crippen LogP contribution in [0.15, 0.2) is 64.9 Å². The topological polar surface area (TPSA) is 94.9 Å². The van der Waals surface area contributed by atoms with E-state index in [4.69, 9.17) is 9.47 Å². The summed E-state index contributed by atoms with van der Waals surface area (Å²) >= 11 is 0. The van der Waals surface area contributed by atoms with Gasteiger partial charge >= 0.3 is 5.97 Å². The zero-order valence-electron chi connectivity index (χ0n) is 19.4. The lowest BCUT2D eigenvalue weighted by Gasteiger charge is -2.44. The van der Waals surface area contributed by atoms with Gasteiger partial charge in [-0.1, -0.05) is 35.9 Å². The summed E-state index contributed by atoms with van der Waals surface area (Å²) in [4.78, 5) is 27.6. The first-order valence-electron chi connectivity index (χ1n) is 11.5. The van der Waals surface area contributed by atoms with Crippen LogP contribution in [0.2, 0.25) is 0 Å². The van der Waals surface area contributed by atoms with Crippen LogP contribution in [0.1, 0.15) is 29.3 Å². The van der Waals surface area contributed by atoms with Crippen molar-refractivity contribution in [3.8, 4) is 0 Å². The average Bonchev–Trinajstić information content (AvgIpc) is 3.41. The number of aromatic nitrogens is 1. The van der Waals surface area contributed by atoms with Crippen LogP contribution in [0.4, 0.5) is 0 Å². The Morgan fingerprint density at radius 2 is 1.86 bits per heavy atom. The number of ether oxygens (including phenoxy) is 2. The Bertz CT molecular complexity index is 1530. The molecule has 0 N–H and O–H groups in total.